The molecule has 2 aliphatic rings. The fraction of sp³-hybridized carbons (Fsp3) is 0.692. The Morgan fingerprint density at radius 3 is 2.63 bits per heavy atom. The Bertz CT molecular complexity index is 593. The molecule has 1 saturated carbocycles. The molecule has 0 aromatic carbocycles. The first-order valence-electron chi connectivity index (χ1n) is 6.72. The van der Waals surface area contributed by atoms with Gasteiger partial charge in [-0.15, -0.1) is 0 Å². The summed E-state index contributed by atoms with van der Waals surface area (Å²) in [6.07, 6.45) is 2.06. The normalized spacial score (nSPS) is 31.8. The monoisotopic (exact) mass is 284 g/mol. The van der Waals surface area contributed by atoms with Crippen LogP contribution in [0.1, 0.15) is 24.4 Å². The molecule has 1 saturated heterocycles. The van der Waals surface area contributed by atoms with Crippen LogP contribution in [0.4, 0.5) is 0 Å². The summed E-state index contributed by atoms with van der Waals surface area (Å²) in [5.41, 5.74) is 6.06. The zero-order valence-electron chi connectivity index (χ0n) is 11.3. The molecule has 19 heavy (non-hydrogen) atoms. The molecule has 1 aromatic rings. The summed E-state index contributed by atoms with van der Waals surface area (Å²) in [5, 5.41) is 0. The Morgan fingerprint density at radius 2 is 2.05 bits per heavy atom. The van der Waals surface area contributed by atoms with Gasteiger partial charge in [-0.1, -0.05) is 0 Å². The van der Waals surface area contributed by atoms with Crippen LogP contribution in [0.5, 0.6) is 0 Å². The Kier molecular flexibility index (Phi) is 2.99. The lowest BCUT2D eigenvalue weighted by Crippen LogP contribution is -2.33. The lowest BCUT2D eigenvalue weighted by atomic mass is 9.98. The van der Waals surface area contributed by atoms with Crippen LogP contribution in [-0.2, 0) is 10.0 Å². The molecule has 2 heterocycles. The first-order valence-corrected chi connectivity index (χ1v) is 8.16. The van der Waals surface area contributed by atoms with Gasteiger partial charge in [-0.05, 0) is 44.6 Å². The van der Waals surface area contributed by atoms with Crippen molar-refractivity contribution in [2.75, 3.05) is 13.1 Å². The maximum absolute atomic E-state index is 12.6. The number of rotatable bonds is 2. The van der Waals surface area contributed by atoms with Crippen LogP contribution in [-0.4, -0.2) is 31.9 Å². The standard InChI is InChI=1S/C13H20N2O3S/c1-8-5-13(9(2)18-8)19(16,17)15-6-10-3-4-12(14)11(10)7-15/h5,10-12H,3-4,6-7,14H2,1-2H3. The van der Waals surface area contributed by atoms with Crippen molar-refractivity contribution in [3.63, 3.8) is 0 Å². The van der Waals surface area contributed by atoms with Crippen LogP contribution >= 0.6 is 0 Å². The average molecular weight is 284 g/mol. The molecular formula is C13H20N2O3S. The van der Waals surface area contributed by atoms with Gasteiger partial charge >= 0.3 is 0 Å². The Balaban J connectivity index is 1.89. The maximum Gasteiger partial charge on any atom is 0.246 e. The van der Waals surface area contributed by atoms with Crippen LogP contribution in [0.15, 0.2) is 15.4 Å². The van der Waals surface area contributed by atoms with Gasteiger partial charge in [0.05, 0.1) is 0 Å². The van der Waals surface area contributed by atoms with Gasteiger partial charge in [-0.2, -0.15) is 4.31 Å². The number of aryl methyl sites for hydroxylation is 2. The smallest absolute Gasteiger partial charge is 0.246 e. The second kappa shape index (κ2) is 4.33. The molecular weight excluding hydrogens is 264 g/mol. The Labute approximate surface area is 113 Å². The second-order valence-electron chi connectivity index (χ2n) is 5.76. The molecule has 6 heteroatoms. The molecule has 0 bridgehead atoms. The predicted octanol–water partition coefficient (Wildman–Crippen LogP) is 1.25. The van der Waals surface area contributed by atoms with E-state index in [1.807, 2.05) is 0 Å². The van der Waals surface area contributed by atoms with E-state index in [4.69, 9.17) is 10.2 Å². The van der Waals surface area contributed by atoms with Gasteiger partial charge in [0.2, 0.25) is 10.0 Å². The first-order chi connectivity index (χ1) is 8.89. The number of nitrogens with zero attached hydrogens (tertiary/aromatic N) is 1. The Hall–Kier alpha value is -0.850. The fourth-order valence-electron chi connectivity index (χ4n) is 3.47. The predicted molar refractivity (Wildman–Crippen MR) is 71.1 cm³/mol. The van der Waals surface area contributed by atoms with Gasteiger partial charge in [-0.3, -0.25) is 0 Å². The minimum atomic E-state index is -3.43. The van der Waals surface area contributed by atoms with E-state index in [9.17, 15) is 8.42 Å². The van der Waals surface area contributed by atoms with Crippen molar-refractivity contribution in [2.24, 2.45) is 17.6 Å². The molecule has 2 fully saturated rings. The molecule has 2 N–H and O–H groups in total. The molecule has 5 nitrogen and oxygen atoms in total. The molecule has 1 aliphatic heterocycles. The topological polar surface area (TPSA) is 76.5 Å². The summed E-state index contributed by atoms with van der Waals surface area (Å²) in [7, 11) is -3.43. The third-order valence-corrected chi connectivity index (χ3v) is 6.43. The van der Waals surface area contributed by atoms with Gasteiger partial charge in [-0.25, -0.2) is 8.42 Å². The molecule has 106 valence electrons. The van der Waals surface area contributed by atoms with E-state index >= 15 is 0 Å². The second-order valence-corrected chi connectivity index (χ2v) is 7.67. The number of sulfonamides is 1. The van der Waals surface area contributed by atoms with Crippen molar-refractivity contribution in [1.82, 2.24) is 4.31 Å². The minimum Gasteiger partial charge on any atom is -0.465 e. The van der Waals surface area contributed by atoms with Crippen LogP contribution < -0.4 is 5.73 Å². The van der Waals surface area contributed by atoms with E-state index in [2.05, 4.69) is 0 Å². The van der Waals surface area contributed by atoms with Gasteiger partial charge < -0.3 is 10.2 Å². The lowest BCUT2D eigenvalue weighted by Gasteiger charge is -2.18. The zero-order chi connectivity index (χ0) is 13.8. The number of fused-ring (bicyclic) bond motifs is 1. The summed E-state index contributed by atoms with van der Waals surface area (Å²) in [5.74, 6) is 1.85. The third kappa shape index (κ3) is 2.02. The third-order valence-electron chi connectivity index (χ3n) is 4.49. The number of hydrogen-bond donors (Lipinski definition) is 1. The largest absolute Gasteiger partial charge is 0.465 e. The molecule has 1 aliphatic carbocycles. The van der Waals surface area contributed by atoms with E-state index in [0.29, 0.717) is 41.3 Å². The van der Waals surface area contributed by atoms with Gasteiger partial charge in [0.25, 0.3) is 0 Å². The quantitative estimate of drug-likeness (QED) is 0.887. The highest BCUT2D eigenvalue weighted by Gasteiger charge is 2.45. The van der Waals surface area contributed by atoms with Gasteiger partial charge in [0.1, 0.15) is 16.4 Å². The van der Waals surface area contributed by atoms with Crippen molar-refractivity contribution in [3.8, 4) is 0 Å². The molecule has 3 rings (SSSR count). The van der Waals surface area contributed by atoms with E-state index < -0.39 is 10.0 Å². The van der Waals surface area contributed by atoms with Crippen molar-refractivity contribution < 1.29 is 12.8 Å². The average Bonchev–Trinajstić information content (AvgIpc) is 2.96. The van der Waals surface area contributed by atoms with Crippen LogP contribution in [0.3, 0.4) is 0 Å². The van der Waals surface area contributed by atoms with Crippen molar-refractivity contribution >= 4 is 10.0 Å². The number of furan rings is 1. The van der Waals surface area contributed by atoms with Crippen molar-refractivity contribution in [1.29, 1.82) is 0 Å². The molecule has 0 amide bonds. The highest BCUT2D eigenvalue weighted by atomic mass is 32.2. The van der Waals surface area contributed by atoms with E-state index in [0.717, 1.165) is 12.8 Å². The molecule has 3 atom stereocenters. The highest BCUT2D eigenvalue weighted by molar-refractivity contribution is 7.89. The van der Waals surface area contributed by atoms with Crippen LogP contribution in [0, 0.1) is 25.7 Å². The van der Waals surface area contributed by atoms with Crippen molar-refractivity contribution in [3.05, 3.63) is 17.6 Å². The Morgan fingerprint density at radius 1 is 1.32 bits per heavy atom. The summed E-state index contributed by atoms with van der Waals surface area (Å²) in [4.78, 5) is 0.304. The lowest BCUT2D eigenvalue weighted by molar-refractivity contribution is 0.425. The van der Waals surface area contributed by atoms with Gasteiger partial charge in [0, 0.05) is 19.1 Å². The minimum absolute atomic E-state index is 0.150. The van der Waals surface area contributed by atoms with Crippen LogP contribution in [0.25, 0.3) is 0 Å². The van der Waals surface area contributed by atoms with E-state index in [1.54, 1.807) is 24.2 Å². The SMILES string of the molecule is Cc1cc(S(=O)(=O)N2CC3CCC(N)C3C2)c(C)o1. The highest BCUT2D eigenvalue weighted by Crippen LogP contribution is 2.39. The first kappa shape index (κ1) is 13.1. The number of nitrogens with two attached hydrogens (primary N) is 1. The molecule has 0 radical (unpaired) electrons. The summed E-state index contributed by atoms with van der Waals surface area (Å²) < 4.78 is 32.2. The van der Waals surface area contributed by atoms with E-state index in [-0.39, 0.29) is 6.04 Å². The fourth-order valence-corrected chi connectivity index (χ4v) is 5.22. The molecule has 0 spiro atoms. The van der Waals surface area contributed by atoms with Crippen molar-refractivity contribution in [2.45, 2.75) is 37.6 Å². The summed E-state index contributed by atoms with van der Waals surface area (Å²) in [6, 6.07) is 1.76. The maximum atomic E-state index is 12.6. The molecule has 1 aromatic heterocycles. The van der Waals surface area contributed by atoms with E-state index in [1.165, 1.54) is 0 Å². The van der Waals surface area contributed by atoms with Gasteiger partial charge in [0.15, 0.2) is 0 Å². The summed E-state index contributed by atoms with van der Waals surface area (Å²) >= 11 is 0. The molecule has 3 unspecified atom stereocenters. The van der Waals surface area contributed by atoms with Crippen LogP contribution in [0.2, 0.25) is 0 Å². The zero-order valence-corrected chi connectivity index (χ0v) is 12.1. The summed E-state index contributed by atoms with van der Waals surface area (Å²) in [6.45, 7) is 4.62. The number of hydrogen-bond acceptors (Lipinski definition) is 4.